The van der Waals surface area contributed by atoms with Crippen molar-refractivity contribution < 1.29 is 9.53 Å². The number of hydrogen-bond donors (Lipinski definition) is 1. The number of ether oxygens (including phenoxy) is 1. The molecule has 6 nitrogen and oxygen atoms in total. The molecule has 0 unspecified atom stereocenters. The second-order valence-electron chi connectivity index (χ2n) is 2.93. The van der Waals surface area contributed by atoms with Crippen molar-refractivity contribution >= 4 is 17.7 Å². The molecule has 1 aromatic heterocycles. The zero-order valence-electron chi connectivity index (χ0n) is 8.80. The number of nitrogens with two attached hydrogens (primary N) is 1. The Kier molecular flexibility index (Phi) is 3.84. The van der Waals surface area contributed by atoms with E-state index in [1.54, 1.807) is 31.1 Å². The van der Waals surface area contributed by atoms with Crippen molar-refractivity contribution in [2.75, 3.05) is 30.8 Å². The first-order chi connectivity index (χ1) is 7.13. The zero-order valence-corrected chi connectivity index (χ0v) is 8.80. The summed E-state index contributed by atoms with van der Waals surface area (Å²) in [6.45, 7) is 2.28. The van der Waals surface area contributed by atoms with Crippen molar-refractivity contribution in [1.29, 1.82) is 0 Å². The molecule has 1 aromatic rings. The molecule has 0 saturated carbocycles. The molecular weight excluding hydrogens is 196 g/mol. The van der Waals surface area contributed by atoms with E-state index in [9.17, 15) is 4.79 Å². The maximum absolute atomic E-state index is 11.2. The minimum Gasteiger partial charge on any atom is -0.465 e. The van der Waals surface area contributed by atoms with Crippen LogP contribution in [-0.2, 0) is 9.53 Å². The van der Waals surface area contributed by atoms with E-state index in [0.29, 0.717) is 12.4 Å². The van der Waals surface area contributed by atoms with Gasteiger partial charge in [0.2, 0.25) is 5.95 Å². The van der Waals surface area contributed by atoms with Gasteiger partial charge in [0.25, 0.3) is 0 Å². The Hall–Kier alpha value is -1.85. The summed E-state index contributed by atoms with van der Waals surface area (Å²) in [5.41, 5.74) is 5.42. The van der Waals surface area contributed by atoms with Crippen LogP contribution >= 0.6 is 0 Å². The van der Waals surface area contributed by atoms with Gasteiger partial charge in [-0.25, -0.2) is 4.98 Å². The lowest BCUT2D eigenvalue weighted by atomic mass is 10.5. The Morgan fingerprint density at radius 2 is 2.40 bits per heavy atom. The summed E-state index contributed by atoms with van der Waals surface area (Å²) in [4.78, 5) is 20.6. The first-order valence-corrected chi connectivity index (χ1v) is 4.58. The highest BCUT2D eigenvalue weighted by molar-refractivity contribution is 5.75. The highest BCUT2D eigenvalue weighted by atomic mass is 16.5. The molecule has 0 spiro atoms. The topological polar surface area (TPSA) is 81.3 Å². The average molecular weight is 210 g/mol. The highest BCUT2D eigenvalue weighted by Gasteiger charge is 2.09. The van der Waals surface area contributed by atoms with Crippen LogP contribution in [0.5, 0.6) is 0 Å². The summed E-state index contributed by atoms with van der Waals surface area (Å²) in [5, 5.41) is 0. The lowest BCUT2D eigenvalue weighted by Gasteiger charge is -2.16. The first-order valence-electron chi connectivity index (χ1n) is 4.58. The van der Waals surface area contributed by atoms with Gasteiger partial charge in [-0.3, -0.25) is 4.79 Å². The third kappa shape index (κ3) is 3.41. The lowest BCUT2D eigenvalue weighted by Crippen LogP contribution is -2.28. The number of anilines is 2. The second-order valence-corrected chi connectivity index (χ2v) is 2.93. The summed E-state index contributed by atoms with van der Waals surface area (Å²) in [5.74, 6) is 0.482. The molecule has 0 aromatic carbocycles. The number of aromatic nitrogens is 2. The Balaban J connectivity index is 2.60. The van der Waals surface area contributed by atoms with Crippen LogP contribution in [0.1, 0.15) is 6.92 Å². The van der Waals surface area contributed by atoms with E-state index in [1.807, 2.05) is 0 Å². The van der Waals surface area contributed by atoms with Gasteiger partial charge in [0.05, 0.1) is 6.61 Å². The van der Waals surface area contributed by atoms with Crippen molar-refractivity contribution in [3.8, 4) is 0 Å². The van der Waals surface area contributed by atoms with Crippen LogP contribution in [-0.4, -0.2) is 36.1 Å². The van der Waals surface area contributed by atoms with E-state index in [4.69, 9.17) is 10.5 Å². The monoisotopic (exact) mass is 210 g/mol. The minimum absolute atomic E-state index is 0.143. The predicted molar refractivity (Wildman–Crippen MR) is 56.3 cm³/mol. The summed E-state index contributed by atoms with van der Waals surface area (Å²) in [6.07, 6.45) is 1.54. The zero-order chi connectivity index (χ0) is 11.3. The molecule has 0 aliphatic rings. The van der Waals surface area contributed by atoms with E-state index in [0.717, 1.165) is 0 Å². The number of esters is 1. The van der Waals surface area contributed by atoms with Crippen LogP contribution in [0.2, 0.25) is 0 Å². The van der Waals surface area contributed by atoms with E-state index < -0.39 is 0 Å². The number of hydrogen-bond acceptors (Lipinski definition) is 6. The van der Waals surface area contributed by atoms with E-state index in [-0.39, 0.29) is 18.5 Å². The molecule has 2 N–H and O–H groups in total. The van der Waals surface area contributed by atoms with Gasteiger partial charge in [-0.05, 0) is 13.0 Å². The summed E-state index contributed by atoms with van der Waals surface area (Å²) >= 11 is 0. The molecule has 0 aliphatic heterocycles. The highest BCUT2D eigenvalue weighted by Crippen LogP contribution is 2.07. The van der Waals surface area contributed by atoms with Gasteiger partial charge in [0.1, 0.15) is 12.4 Å². The molecule has 0 fully saturated rings. The number of rotatable bonds is 4. The molecule has 15 heavy (non-hydrogen) atoms. The van der Waals surface area contributed by atoms with Gasteiger partial charge in [-0.1, -0.05) is 0 Å². The van der Waals surface area contributed by atoms with Crippen LogP contribution in [0.3, 0.4) is 0 Å². The molecule has 0 aliphatic carbocycles. The fourth-order valence-corrected chi connectivity index (χ4v) is 1.06. The van der Waals surface area contributed by atoms with Crippen LogP contribution in [0.25, 0.3) is 0 Å². The van der Waals surface area contributed by atoms with Gasteiger partial charge in [-0.15, -0.1) is 0 Å². The fraction of sp³-hybridized carbons (Fsp3) is 0.444. The largest absolute Gasteiger partial charge is 0.465 e. The van der Waals surface area contributed by atoms with Gasteiger partial charge < -0.3 is 15.4 Å². The quantitative estimate of drug-likeness (QED) is 0.707. The summed E-state index contributed by atoms with van der Waals surface area (Å²) < 4.78 is 4.81. The maximum Gasteiger partial charge on any atom is 0.325 e. The maximum atomic E-state index is 11.2. The number of likely N-dealkylation sites (N-methyl/N-ethyl adjacent to an activating group) is 1. The molecule has 1 rings (SSSR count). The van der Waals surface area contributed by atoms with Crippen LogP contribution in [0.15, 0.2) is 12.3 Å². The van der Waals surface area contributed by atoms with E-state index in [1.165, 1.54) is 0 Å². The van der Waals surface area contributed by atoms with Crippen LogP contribution in [0, 0.1) is 0 Å². The number of nitrogen functional groups attached to an aromatic ring is 1. The van der Waals surface area contributed by atoms with Crippen LogP contribution in [0.4, 0.5) is 11.8 Å². The molecule has 6 heteroatoms. The number of carbonyl (C=O) groups excluding carboxylic acids is 1. The van der Waals surface area contributed by atoms with Gasteiger partial charge in [-0.2, -0.15) is 4.98 Å². The van der Waals surface area contributed by atoms with E-state index in [2.05, 4.69) is 9.97 Å². The van der Waals surface area contributed by atoms with Gasteiger partial charge in [0, 0.05) is 13.2 Å². The van der Waals surface area contributed by atoms with Crippen molar-refractivity contribution in [2.24, 2.45) is 0 Å². The van der Waals surface area contributed by atoms with Gasteiger partial charge in [0.15, 0.2) is 0 Å². The Morgan fingerprint density at radius 3 is 3.00 bits per heavy atom. The molecule has 0 bridgehead atoms. The molecule has 82 valence electrons. The molecular formula is C9H14N4O2. The average Bonchev–Trinajstić information content (AvgIpc) is 2.18. The third-order valence-corrected chi connectivity index (χ3v) is 1.72. The first kappa shape index (κ1) is 11.2. The normalized spacial score (nSPS) is 9.73. The Bertz CT molecular complexity index is 343. The second kappa shape index (κ2) is 5.14. The predicted octanol–water partition coefficient (Wildman–Crippen LogP) is 0.0581. The summed E-state index contributed by atoms with van der Waals surface area (Å²) in [7, 11) is 1.73. The SMILES string of the molecule is CCOC(=O)CN(C)c1ccnc(N)n1. The minimum atomic E-state index is -0.294. The molecule has 0 atom stereocenters. The third-order valence-electron chi connectivity index (χ3n) is 1.72. The van der Waals surface area contributed by atoms with Gasteiger partial charge >= 0.3 is 5.97 Å². The van der Waals surface area contributed by atoms with Crippen molar-refractivity contribution in [3.63, 3.8) is 0 Å². The Morgan fingerprint density at radius 1 is 1.67 bits per heavy atom. The number of carbonyl (C=O) groups is 1. The molecule has 0 radical (unpaired) electrons. The van der Waals surface area contributed by atoms with Crippen molar-refractivity contribution in [1.82, 2.24) is 9.97 Å². The molecule has 0 amide bonds. The molecule has 1 heterocycles. The van der Waals surface area contributed by atoms with Crippen molar-refractivity contribution in [3.05, 3.63) is 12.3 Å². The lowest BCUT2D eigenvalue weighted by molar-refractivity contribution is -0.141. The van der Waals surface area contributed by atoms with E-state index >= 15 is 0 Å². The smallest absolute Gasteiger partial charge is 0.325 e. The summed E-state index contributed by atoms with van der Waals surface area (Å²) in [6, 6.07) is 1.68. The Labute approximate surface area is 88.1 Å². The molecule has 0 saturated heterocycles. The number of nitrogens with zero attached hydrogens (tertiary/aromatic N) is 3. The standard InChI is InChI=1S/C9H14N4O2/c1-3-15-8(14)6-13(2)7-4-5-11-9(10)12-7/h4-5H,3,6H2,1-2H3,(H2,10,11,12). The van der Waals surface area contributed by atoms with Crippen molar-refractivity contribution in [2.45, 2.75) is 6.92 Å². The fourth-order valence-electron chi connectivity index (χ4n) is 1.06. The van der Waals surface area contributed by atoms with Crippen LogP contribution < -0.4 is 10.6 Å².